The molecule has 1 aliphatic rings. The number of fused-ring (bicyclic) bond motifs is 1. The highest BCUT2D eigenvalue weighted by atomic mass is 16.5. The van der Waals surface area contributed by atoms with Crippen LogP contribution in [0, 0.1) is 0 Å². The number of benzene rings is 2. The van der Waals surface area contributed by atoms with Gasteiger partial charge in [-0.15, -0.1) is 0 Å². The Hall–Kier alpha value is -3.88. The topological polar surface area (TPSA) is 84.5 Å². The second-order valence-electron chi connectivity index (χ2n) is 9.66. The van der Waals surface area contributed by atoms with Gasteiger partial charge in [-0.1, -0.05) is 30.4 Å². The Morgan fingerprint density at radius 3 is 2.81 bits per heavy atom. The number of aromatic nitrogens is 3. The summed E-state index contributed by atoms with van der Waals surface area (Å²) in [5.41, 5.74) is 11.9. The number of rotatable bonds is 8. The summed E-state index contributed by atoms with van der Waals surface area (Å²) >= 11 is 0. The lowest BCUT2D eigenvalue weighted by Gasteiger charge is -2.25. The van der Waals surface area contributed by atoms with Crippen LogP contribution in [0.1, 0.15) is 12.0 Å². The first-order valence-corrected chi connectivity index (χ1v) is 12.6. The van der Waals surface area contributed by atoms with E-state index in [0.717, 1.165) is 64.4 Å². The molecule has 1 fully saturated rings. The van der Waals surface area contributed by atoms with Gasteiger partial charge in [0, 0.05) is 73.3 Å². The zero-order valence-corrected chi connectivity index (χ0v) is 22.0. The van der Waals surface area contributed by atoms with Crippen LogP contribution in [0.4, 0.5) is 17.3 Å². The van der Waals surface area contributed by atoms with E-state index in [-0.39, 0.29) is 0 Å². The first-order valence-electron chi connectivity index (χ1n) is 12.6. The monoisotopic (exact) mass is 497 g/mol. The number of hydrogen-bond acceptors (Lipinski definition) is 7. The fourth-order valence-corrected chi connectivity index (χ4v) is 5.07. The number of ether oxygens (including phenoxy) is 1. The summed E-state index contributed by atoms with van der Waals surface area (Å²) < 4.78 is 7.94. The molecule has 37 heavy (non-hydrogen) atoms. The Bertz CT molecular complexity index is 1430. The average Bonchev–Trinajstić information content (AvgIpc) is 3.53. The number of methoxy groups -OCH3 is 1. The van der Waals surface area contributed by atoms with E-state index >= 15 is 0 Å². The molecule has 0 amide bonds. The van der Waals surface area contributed by atoms with Gasteiger partial charge in [-0.05, 0) is 44.3 Å². The molecule has 2 aromatic carbocycles. The van der Waals surface area contributed by atoms with Gasteiger partial charge in [0.1, 0.15) is 5.75 Å². The van der Waals surface area contributed by atoms with E-state index in [4.69, 9.17) is 15.5 Å². The van der Waals surface area contributed by atoms with E-state index in [1.807, 2.05) is 12.1 Å². The first kappa shape index (κ1) is 24.8. The van der Waals surface area contributed by atoms with Crippen molar-refractivity contribution < 1.29 is 4.74 Å². The van der Waals surface area contributed by atoms with Crippen molar-refractivity contribution in [1.29, 1.82) is 0 Å². The SMILES string of the molecule is COc1cc(N2CC[C@H](N(C)C)C2)c(C=CCN)cc1Nc1nccc(-c2cn(C)c3ccccc23)n1. The van der Waals surface area contributed by atoms with E-state index in [0.29, 0.717) is 18.5 Å². The summed E-state index contributed by atoms with van der Waals surface area (Å²) in [5, 5.41) is 4.56. The fourth-order valence-electron chi connectivity index (χ4n) is 5.07. The predicted octanol–water partition coefficient (Wildman–Crippen LogP) is 4.50. The highest BCUT2D eigenvalue weighted by Gasteiger charge is 2.26. The van der Waals surface area contributed by atoms with Crippen molar-refractivity contribution >= 4 is 34.3 Å². The molecule has 3 N–H and O–H groups in total. The first-order chi connectivity index (χ1) is 18.0. The number of nitrogens with zero attached hydrogens (tertiary/aromatic N) is 5. The zero-order chi connectivity index (χ0) is 25.9. The third kappa shape index (κ3) is 5.03. The van der Waals surface area contributed by atoms with Gasteiger partial charge < -0.3 is 30.2 Å². The minimum Gasteiger partial charge on any atom is -0.494 e. The molecular formula is C29H35N7O. The Kier molecular flexibility index (Phi) is 7.12. The van der Waals surface area contributed by atoms with Gasteiger partial charge in [0.25, 0.3) is 0 Å². The smallest absolute Gasteiger partial charge is 0.227 e. The molecule has 3 heterocycles. The van der Waals surface area contributed by atoms with Crippen molar-refractivity contribution in [3.05, 3.63) is 66.5 Å². The number of aryl methyl sites for hydroxylation is 1. The molecule has 0 radical (unpaired) electrons. The molecule has 1 saturated heterocycles. The minimum atomic E-state index is 0.477. The quantitative estimate of drug-likeness (QED) is 0.371. The van der Waals surface area contributed by atoms with Crippen molar-refractivity contribution in [2.45, 2.75) is 12.5 Å². The molecular weight excluding hydrogens is 462 g/mol. The average molecular weight is 498 g/mol. The minimum absolute atomic E-state index is 0.477. The molecule has 0 aliphatic carbocycles. The van der Waals surface area contributed by atoms with Crippen molar-refractivity contribution in [2.24, 2.45) is 12.8 Å². The van der Waals surface area contributed by atoms with Crippen molar-refractivity contribution in [3.63, 3.8) is 0 Å². The van der Waals surface area contributed by atoms with Crippen LogP contribution in [0.5, 0.6) is 5.75 Å². The molecule has 0 bridgehead atoms. The second-order valence-corrected chi connectivity index (χ2v) is 9.66. The number of hydrogen-bond donors (Lipinski definition) is 2. The molecule has 1 atom stereocenters. The fraction of sp³-hybridized carbons (Fsp3) is 0.310. The molecule has 0 spiro atoms. The maximum Gasteiger partial charge on any atom is 0.227 e. The third-order valence-electron chi connectivity index (χ3n) is 7.09. The molecule has 8 nitrogen and oxygen atoms in total. The highest BCUT2D eigenvalue weighted by molar-refractivity contribution is 5.95. The Morgan fingerprint density at radius 2 is 2.05 bits per heavy atom. The van der Waals surface area contributed by atoms with Gasteiger partial charge in [0.05, 0.1) is 18.5 Å². The normalized spacial score (nSPS) is 15.8. The summed E-state index contributed by atoms with van der Waals surface area (Å²) in [5.74, 6) is 1.26. The number of likely N-dealkylation sites (N-methyl/N-ethyl adjacent to an activating group) is 1. The van der Waals surface area contributed by atoms with Crippen LogP contribution in [0.2, 0.25) is 0 Å². The Morgan fingerprint density at radius 1 is 1.22 bits per heavy atom. The van der Waals surface area contributed by atoms with Crippen molar-refractivity contribution in [3.8, 4) is 17.0 Å². The van der Waals surface area contributed by atoms with E-state index in [1.165, 1.54) is 0 Å². The van der Waals surface area contributed by atoms with Crippen LogP contribution in [0.15, 0.2) is 60.9 Å². The largest absolute Gasteiger partial charge is 0.494 e. The maximum absolute atomic E-state index is 5.82. The molecule has 192 valence electrons. The lowest BCUT2D eigenvalue weighted by Crippen LogP contribution is -2.31. The lowest BCUT2D eigenvalue weighted by atomic mass is 10.1. The van der Waals surface area contributed by atoms with Gasteiger partial charge >= 0.3 is 0 Å². The number of nitrogens with two attached hydrogens (primary N) is 1. The lowest BCUT2D eigenvalue weighted by molar-refractivity contribution is 0.315. The summed E-state index contributed by atoms with van der Waals surface area (Å²) in [6.07, 6.45) is 9.08. The number of para-hydroxylation sites is 1. The second kappa shape index (κ2) is 10.6. The number of anilines is 3. The molecule has 4 aromatic rings. The van der Waals surface area contributed by atoms with Gasteiger partial charge in [-0.2, -0.15) is 0 Å². The summed E-state index contributed by atoms with van der Waals surface area (Å²) in [7, 11) is 8.03. The zero-order valence-electron chi connectivity index (χ0n) is 22.0. The van der Waals surface area contributed by atoms with Crippen LogP contribution >= 0.6 is 0 Å². The highest BCUT2D eigenvalue weighted by Crippen LogP contribution is 2.37. The standard InChI is InChI=1S/C29H35N7O/c1-34(2)21-12-15-36(18-21)27-17-28(37-4)25(16-20(27)8-7-13-30)33-29-31-14-11-24(32-29)23-19-35(3)26-10-6-5-9-22(23)26/h5-11,14,16-17,19,21H,12-13,15,18,30H2,1-4H3,(H,31,32,33)/t21-/m0/s1. The van der Waals surface area contributed by atoms with Crippen molar-refractivity contribution in [2.75, 3.05) is 51.1 Å². The van der Waals surface area contributed by atoms with Gasteiger partial charge in [0.2, 0.25) is 5.95 Å². The van der Waals surface area contributed by atoms with Gasteiger partial charge in [-0.3, -0.25) is 0 Å². The molecule has 8 heteroatoms. The Balaban J connectivity index is 1.49. The summed E-state index contributed by atoms with van der Waals surface area (Å²) in [4.78, 5) is 14.1. The van der Waals surface area contributed by atoms with Crippen LogP contribution in [-0.2, 0) is 7.05 Å². The van der Waals surface area contributed by atoms with E-state index in [2.05, 4.69) is 94.5 Å². The summed E-state index contributed by atoms with van der Waals surface area (Å²) in [6, 6.07) is 15.0. The number of nitrogens with one attached hydrogen (secondary N) is 1. The predicted molar refractivity (Wildman–Crippen MR) is 153 cm³/mol. The maximum atomic E-state index is 5.82. The van der Waals surface area contributed by atoms with Crippen LogP contribution in [-0.4, -0.2) is 66.3 Å². The van der Waals surface area contributed by atoms with Gasteiger partial charge in [0.15, 0.2) is 0 Å². The van der Waals surface area contributed by atoms with Crippen LogP contribution in [0.25, 0.3) is 28.2 Å². The van der Waals surface area contributed by atoms with Crippen LogP contribution < -0.4 is 20.7 Å². The molecule has 1 aliphatic heterocycles. The Labute approximate surface area is 218 Å². The molecule has 0 saturated carbocycles. The molecule has 5 rings (SSSR count). The molecule has 0 unspecified atom stereocenters. The van der Waals surface area contributed by atoms with Crippen LogP contribution in [0.3, 0.4) is 0 Å². The van der Waals surface area contributed by atoms with E-state index < -0.39 is 0 Å². The molecule has 2 aromatic heterocycles. The van der Waals surface area contributed by atoms with E-state index in [1.54, 1.807) is 13.3 Å². The van der Waals surface area contributed by atoms with Gasteiger partial charge in [-0.25, -0.2) is 9.97 Å². The van der Waals surface area contributed by atoms with E-state index in [9.17, 15) is 0 Å². The van der Waals surface area contributed by atoms with Crippen molar-refractivity contribution in [1.82, 2.24) is 19.4 Å². The third-order valence-corrected chi connectivity index (χ3v) is 7.09. The summed E-state index contributed by atoms with van der Waals surface area (Å²) in [6.45, 7) is 2.45.